The van der Waals surface area contributed by atoms with E-state index in [1.807, 2.05) is 19.1 Å². The molecule has 0 aliphatic carbocycles. The van der Waals surface area contributed by atoms with E-state index in [-0.39, 0.29) is 16.8 Å². The lowest BCUT2D eigenvalue weighted by Gasteiger charge is -2.09. The highest BCUT2D eigenvalue weighted by Gasteiger charge is 2.16. The molecule has 0 bridgehead atoms. The summed E-state index contributed by atoms with van der Waals surface area (Å²) in [6.07, 6.45) is 0.902. The Morgan fingerprint density at radius 1 is 0.931 bits per heavy atom. The van der Waals surface area contributed by atoms with Crippen molar-refractivity contribution in [3.8, 4) is 0 Å². The van der Waals surface area contributed by atoms with Crippen LogP contribution in [0, 0.1) is 13.8 Å². The number of anilines is 2. The van der Waals surface area contributed by atoms with Crippen molar-refractivity contribution in [3.63, 3.8) is 0 Å². The maximum atomic E-state index is 12.6. The van der Waals surface area contributed by atoms with E-state index in [1.165, 1.54) is 24.3 Å². The molecule has 0 spiro atoms. The highest BCUT2D eigenvalue weighted by atomic mass is 32.2. The van der Waals surface area contributed by atoms with Gasteiger partial charge in [-0.1, -0.05) is 19.1 Å². The second-order valence-corrected chi connectivity index (χ2v) is 8.29. The first-order valence-corrected chi connectivity index (χ1v) is 10.6. The lowest BCUT2D eigenvalue weighted by Crippen LogP contribution is -2.16. The Hall–Kier alpha value is -3.26. The molecule has 0 saturated heterocycles. The van der Waals surface area contributed by atoms with Crippen LogP contribution >= 0.6 is 0 Å². The summed E-state index contributed by atoms with van der Waals surface area (Å²) in [5.41, 5.74) is 3.51. The molecule has 8 heteroatoms. The fraction of sp³-hybridized carbons (Fsp3) is 0.190. The molecule has 0 radical (unpaired) electrons. The molecule has 29 heavy (non-hydrogen) atoms. The Bertz CT molecular complexity index is 1110. The van der Waals surface area contributed by atoms with Gasteiger partial charge in [-0.15, -0.1) is 0 Å². The third-order valence-corrected chi connectivity index (χ3v) is 5.60. The molecule has 0 saturated carbocycles. The van der Waals surface area contributed by atoms with Gasteiger partial charge in [-0.25, -0.2) is 23.1 Å². The molecule has 3 rings (SSSR count). The summed E-state index contributed by atoms with van der Waals surface area (Å²) in [6, 6.07) is 15.0. The summed E-state index contributed by atoms with van der Waals surface area (Å²) in [6.45, 7) is 5.57. The topological polar surface area (TPSA) is 101 Å². The molecule has 150 valence electrons. The van der Waals surface area contributed by atoms with Gasteiger partial charge in [0.05, 0.1) is 4.90 Å². The van der Waals surface area contributed by atoms with Crippen molar-refractivity contribution >= 4 is 27.6 Å². The van der Waals surface area contributed by atoms with Crippen molar-refractivity contribution in [1.29, 1.82) is 0 Å². The highest BCUT2D eigenvalue weighted by molar-refractivity contribution is 7.92. The number of carbonyl (C=O) groups is 1. The third kappa shape index (κ3) is 5.17. The quantitative estimate of drug-likeness (QED) is 0.645. The van der Waals surface area contributed by atoms with E-state index in [4.69, 9.17) is 0 Å². The average molecular weight is 410 g/mol. The van der Waals surface area contributed by atoms with E-state index in [0.717, 1.165) is 12.0 Å². The van der Waals surface area contributed by atoms with Crippen molar-refractivity contribution in [2.45, 2.75) is 32.1 Å². The molecule has 0 aliphatic heterocycles. The van der Waals surface area contributed by atoms with E-state index in [9.17, 15) is 13.2 Å². The van der Waals surface area contributed by atoms with Crippen molar-refractivity contribution < 1.29 is 13.2 Å². The second kappa shape index (κ2) is 8.40. The first-order chi connectivity index (χ1) is 13.8. The number of benzene rings is 2. The monoisotopic (exact) mass is 410 g/mol. The zero-order valence-corrected chi connectivity index (χ0v) is 17.2. The van der Waals surface area contributed by atoms with Crippen LogP contribution in [0.15, 0.2) is 59.5 Å². The normalized spacial score (nSPS) is 11.1. The van der Waals surface area contributed by atoms with Gasteiger partial charge in [0.2, 0.25) is 5.95 Å². The SMILES string of the molecule is CCc1ccc(C(=O)Nc2ccc(S(=O)(=O)Nc3nc(C)cc(C)n3)cc2)cc1. The predicted octanol–water partition coefficient (Wildman–Crippen LogP) is 3.71. The van der Waals surface area contributed by atoms with Crippen LogP contribution in [0.4, 0.5) is 11.6 Å². The number of amides is 1. The number of aryl methyl sites for hydroxylation is 3. The summed E-state index contributed by atoms with van der Waals surface area (Å²) in [4.78, 5) is 20.6. The molecular weight excluding hydrogens is 388 g/mol. The maximum absolute atomic E-state index is 12.6. The molecule has 1 aromatic heterocycles. The van der Waals surface area contributed by atoms with E-state index in [1.54, 1.807) is 32.0 Å². The number of hydrogen-bond acceptors (Lipinski definition) is 5. The number of nitrogens with one attached hydrogen (secondary N) is 2. The zero-order chi connectivity index (χ0) is 21.0. The Kier molecular flexibility index (Phi) is 5.93. The molecule has 0 unspecified atom stereocenters. The fourth-order valence-electron chi connectivity index (χ4n) is 2.76. The lowest BCUT2D eigenvalue weighted by atomic mass is 10.1. The summed E-state index contributed by atoms with van der Waals surface area (Å²) >= 11 is 0. The largest absolute Gasteiger partial charge is 0.322 e. The molecule has 7 nitrogen and oxygen atoms in total. The summed E-state index contributed by atoms with van der Waals surface area (Å²) in [7, 11) is -3.84. The number of rotatable bonds is 6. The Balaban J connectivity index is 1.72. The van der Waals surface area contributed by atoms with Crippen molar-refractivity contribution in [2.75, 3.05) is 10.0 Å². The van der Waals surface area contributed by atoms with Crippen LogP contribution < -0.4 is 10.0 Å². The van der Waals surface area contributed by atoms with Crippen LogP contribution in [0.2, 0.25) is 0 Å². The minimum absolute atomic E-state index is 0.0235. The molecule has 0 atom stereocenters. The molecule has 2 N–H and O–H groups in total. The van der Waals surface area contributed by atoms with E-state index in [0.29, 0.717) is 22.6 Å². The first-order valence-electron chi connectivity index (χ1n) is 9.12. The van der Waals surface area contributed by atoms with Gasteiger partial charge < -0.3 is 5.32 Å². The van der Waals surface area contributed by atoms with Crippen LogP contribution in [0.5, 0.6) is 0 Å². The van der Waals surface area contributed by atoms with Gasteiger partial charge in [-0.05, 0) is 68.3 Å². The van der Waals surface area contributed by atoms with Gasteiger partial charge in [-0.3, -0.25) is 4.79 Å². The third-order valence-electron chi connectivity index (χ3n) is 4.25. The van der Waals surface area contributed by atoms with E-state index in [2.05, 4.69) is 20.0 Å². The van der Waals surface area contributed by atoms with Crippen LogP contribution in [0.1, 0.15) is 34.2 Å². The van der Waals surface area contributed by atoms with Gasteiger partial charge >= 0.3 is 0 Å². The molecule has 0 aliphatic rings. The predicted molar refractivity (Wildman–Crippen MR) is 113 cm³/mol. The number of nitrogens with zero attached hydrogens (tertiary/aromatic N) is 2. The van der Waals surface area contributed by atoms with Crippen LogP contribution in [-0.2, 0) is 16.4 Å². The zero-order valence-electron chi connectivity index (χ0n) is 16.4. The first kappa shape index (κ1) is 20.5. The second-order valence-electron chi connectivity index (χ2n) is 6.61. The van der Waals surface area contributed by atoms with Gasteiger partial charge in [0.15, 0.2) is 0 Å². The van der Waals surface area contributed by atoms with Gasteiger partial charge in [0.1, 0.15) is 0 Å². The fourth-order valence-corrected chi connectivity index (χ4v) is 3.71. The van der Waals surface area contributed by atoms with Crippen molar-refractivity contribution in [1.82, 2.24) is 9.97 Å². The Morgan fingerprint density at radius 2 is 1.52 bits per heavy atom. The molecule has 1 amide bonds. The van der Waals surface area contributed by atoms with Crippen LogP contribution in [0.3, 0.4) is 0 Å². The molecular formula is C21H22N4O3S. The number of sulfonamides is 1. The minimum atomic E-state index is -3.84. The average Bonchev–Trinajstić information content (AvgIpc) is 2.67. The Morgan fingerprint density at radius 3 is 2.07 bits per heavy atom. The van der Waals surface area contributed by atoms with E-state index < -0.39 is 10.0 Å². The summed E-state index contributed by atoms with van der Waals surface area (Å²) in [5.74, 6) is -0.236. The number of hydrogen-bond donors (Lipinski definition) is 2. The summed E-state index contributed by atoms with van der Waals surface area (Å²) in [5, 5.41) is 2.76. The molecule has 0 fully saturated rings. The Labute approximate surface area is 170 Å². The molecule has 1 heterocycles. The minimum Gasteiger partial charge on any atom is -0.322 e. The smallest absolute Gasteiger partial charge is 0.264 e. The number of carbonyl (C=O) groups excluding carboxylic acids is 1. The number of aromatic nitrogens is 2. The van der Waals surface area contributed by atoms with Crippen molar-refractivity contribution in [3.05, 3.63) is 77.1 Å². The van der Waals surface area contributed by atoms with Crippen molar-refractivity contribution in [2.24, 2.45) is 0 Å². The molecule has 3 aromatic rings. The van der Waals surface area contributed by atoms with Crippen LogP contribution in [-0.4, -0.2) is 24.3 Å². The lowest BCUT2D eigenvalue weighted by molar-refractivity contribution is 0.102. The van der Waals surface area contributed by atoms with Gasteiger partial charge in [0, 0.05) is 22.6 Å². The highest BCUT2D eigenvalue weighted by Crippen LogP contribution is 2.18. The summed E-state index contributed by atoms with van der Waals surface area (Å²) < 4.78 is 27.5. The van der Waals surface area contributed by atoms with E-state index >= 15 is 0 Å². The van der Waals surface area contributed by atoms with Gasteiger partial charge in [0.25, 0.3) is 15.9 Å². The molecule has 2 aromatic carbocycles. The van der Waals surface area contributed by atoms with Crippen LogP contribution in [0.25, 0.3) is 0 Å². The van der Waals surface area contributed by atoms with Gasteiger partial charge in [-0.2, -0.15) is 0 Å². The standard InChI is InChI=1S/C21H22N4O3S/c1-4-16-5-7-17(8-6-16)20(26)24-18-9-11-19(12-10-18)29(27,28)25-21-22-14(2)13-15(3)23-21/h5-13H,4H2,1-3H3,(H,24,26)(H,22,23,25). The maximum Gasteiger partial charge on any atom is 0.264 e.